The summed E-state index contributed by atoms with van der Waals surface area (Å²) in [5, 5.41) is 3.32. The molecule has 104 valence electrons. The third-order valence-corrected chi connectivity index (χ3v) is 3.37. The van der Waals surface area contributed by atoms with E-state index in [-0.39, 0.29) is 6.10 Å². The van der Waals surface area contributed by atoms with Crippen LogP contribution in [0, 0.1) is 0 Å². The van der Waals surface area contributed by atoms with Crippen LogP contribution >= 0.6 is 0 Å². The minimum atomic E-state index is -0.402. The maximum Gasteiger partial charge on any atom is 0.248 e. The number of benzene rings is 1. The molecule has 1 saturated heterocycles. The lowest BCUT2D eigenvalue weighted by atomic mass is 10.2. The second-order valence-electron chi connectivity index (χ2n) is 4.71. The van der Waals surface area contributed by atoms with E-state index >= 15 is 0 Å². The van der Waals surface area contributed by atoms with Gasteiger partial charge in [0.25, 0.3) is 0 Å². The van der Waals surface area contributed by atoms with Crippen LogP contribution in [0.15, 0.2) is 24.3 Å². The van der Waals surface area contributed by atoms with Crippen molar-refractivity contribution in [2.75, 3.05) is 38.1 Å². The molecule has 2 rings (SSSR count). The third-order valence-electron chi connectivity index (χ3n) is 3.37. The Morgan fingerprint density at radius 3 is 2.84 bits per heavy atom. The number of anilines is 1. The van der Waals surface area contributed by atoms with Crippen molar-refractivity contribution in [3.63, 3.8) is 0 Å². The zero-order valence-electron chi connectivity index (χ0n) is 11.3. The number of ether oxygens (including phenoxy) is 1. The van der Waals surface area contributed by atoms with Gasteiger partial charge in [-0.15, -0.1) is 0 Å². The normalized spacial score (nSPS) is 20.2. The zero-order chi connectivity index (χ0) is 13.7. The molecule has 0 radical (unpaired) electrons. The number of hydrogen-bond donors (Lipinski definition) is 2. The van der Waals surface area contributed by atoms with Crippen LogP contribution in [0.3, 0.4) is 0 Å². The number of amides is 1. The van der Waals surface area contributed by atoms with Gasteiger partial charge in [0.1, 0.15) is 0 Å². The van der Waals surface area contributed by atoms with Crippen molar-refractivity contribution < 1.29 is 9.53 Å². The molecule has 1 amide bonds. The Labute approximate surface area is 113 Å². The van der Waals surface area contributed by atoms with Crippen LogP contribution in [0.2, 0.25) is 0 Å². The molecule has 0 saturated carbocycles. The summed E-state index contributed by atoms with van der Waals surface area (Å²) in [5.41, 5.74) is 6.70. The molecule has 0 bridgehead atoms. The van der Waals surface area contributed by atoms with Crippen molar-refractivity contribution in [2.24, 2.45) is 5.73 Å². The van der Waals surface area contributed by atoms with E-state index in [9.17, 15) is 4.79 Å². The van der Waals surface area contributed by atoms with Crippen molar-refractivity contribution in [1.29, 1.82) is 0 Å². The van der Waals surface area contributed by atoms with Gasteiger partial charge in [-0.3, -0.25) is 9.69 Å². The Kier molecular flexibility index (Phi) is 4.76. The Morgan fingerprint density at radius 2 is 2.21 bits per heavy atom. The Bertz CT molecular complexity index is 419. The van der Waals surface area contributed by atoms with Gasteiger partial charge in [-0.2, -0.15) is 0 Å². The summed E-state index contributed by atoms with van der Waals surface area (Å²) in [7, 11) is 0. The van der Waals surface area contributed by atoms with Gasteiger partial charge in [0, 0.05) is 30.9 Å². The fraction of sp³-hybridized carbons (Fsp3) is 0.500. The third kappa shape index (κ3) is 3.94. The van der Waals surface area contributed by atoms with Crippen molar-refractivity contribution in [3.05, 3.63) is 29.8 Å². The maximum absolute atomic E-state index is 11.0. The number of nitrogens with zero attached hydrogens (tertiary/aromatic N) is 1. The summed E-state index contributed by atoms with van der Waals surface area (Å²) in [5.74, 6) is -0.402. The van der Waals surface area contributed by atoms with Gasteiger partial charge in [0.15, 0.2) is 0 Å². The van der Waals surface area contributed by atoms with Crippen LogP contribution < -0.4 is 11.1 Å². The van der Waals surface area contributed by atoms with Crippen LogP contribution in [0.5, 0.6) is 0 Å². The van der Waals surface area contributed by atoms with Gasteiger partial charge in [-0.05, 0) is 30.8 Å². The average Bonchev–Trinajstić information content (AvgIpc) is 2.46. The molecule has 5 nitrogen and oxygen atoms in total. The van der Waals surface area contributed by atoms with Crippen LogP contribution in [-0.4, -0.2) is 49.7 Å². The number of nitrogens with two attached hydrogens (primary N) is 1. The largest absolute Gasteiger partial charge is 0.382 e. The first-order valence-electron chi connectivity index (χ1n) is 6.66. The maximum atomic E-state index is 11.0. The number of nitrogens with one attached hydrogen (secondary N) is 1. The summed E-state index contributed by atoms with van der Waals surface area (Å²) >= 11 is 0. The average molecular weight is 263 g/mol. The molecule has 1 aromatic carbocycles. The van der Waals surface area contributed by atoms with Crippen LogP contribution in [0.1, 0.15) is 17.3 Å². The highest BCUT2D eigenvalue weighted by Crippen LogP contribution is 2.11. The van der Waals surface area contributed by atoms with Crippen LogP contribution in [0.4, 0.5) is 5.69 Å². The Balaban J connectivity index is 1.83. The van der Waals surface area contributed by atoms with Gasteiger partial charge in [-0.1, -0.05) is 6.92 Å². The molecule has 0 spiro atoms. The quantitative estimate of drug-likeness (QED) is 0.829. The molecule has 1 heterocycles. The van der Waals surface area contributed by atoms with Gasteiger partial charge >= 0.3 is 0 Å². The van der Waals surface area contributed by atoms with Gasteiger partial charge in [0.2, 0.25) is 5.91 Å². The summed E-state index contributed by atoms with van der Waals surface area (Å²) in [6, 6.07) is 7.18. The second-order valence-corrected chi connectivity index (χ2v) is 4.71. The highest BCUT2D eigenvalue weighted by Gasteiger charge is 2.18. The lowest BCUT2D eigenvalue weighted by molar-refractivity contribution is -0.0191. The van der Waals surface area contributed by atoms with E-state index in [1.165, 1.54) is 0 Å². The highest BCUT2D eigenvalue weighted by atomic mass is 16.5. The minimum Gasteiger partial charge on any atom is -0.382 e. The van der Waals surface area contributed by atoms with E-state index < -0.39 is 5.91 Å². The first kappa shape index (κ1) is 13.8. The molecule has 0 aromatic heterocycles. The molecule has 19 heavy (non-hydrogen) atoms. The molecule has 1 aliphatic heterocycles. The summed E-state index contributed by atoms with van der Waals surface area (Å²) in [4.78, 5) is 13.3. The fourth-order valence-electron chi connectivity index (χ4n) is 2.18. The van der Waals surface area contributed by atoms with Gasteiger partial charge in [0.05, 0.1) is 12.7 Å². The van der Waals surface area contributed by atoms with Gasteiger partial charge < -0.3 is 15.8 Å². The van der Waals surface area contributed by atoms with E-state index in [2.05, 4.69) is 17.1 Å². The molecule has 0 aliphatic carbocycles. The van der Waals surface area contributed by atoms with Crippen molar-refractivity contribution in [2.45, 2.75) is 13.0 Å². The molecule has 1 aliphatic rings. The number of primary amides is 1. The fourth-order valence-corrected chi connectivity index (χ4v) is 2.18. The summed E-state index contributed by atoms with van der Waals surface area (Å²) < 4.78 is 5.72. The standard InChI is InChI=1S/C14H21N3O2/c1-2-17-7-8-19-13(10-17)9-16-12-5-3-11(4-6-12)14(15)18/h3-6,13,16H,2,7-10H2,1H3,(H2,15,18). The van der Waals surface area contributed by atoms with E-state index in [0.29, 0.717) is 5.56 Å². The molecular formula is C14H21N3O2. The van der Waals surface area contributed by atoms with E-state index in [1.54, 1.807) is 12.1 Å². The molecule has 1 unspecified atom stereocenters. The topological polar surface area (TPSA) is 67.6 Å². The second kappa shape index (κ2) is 6.54. The van der Waals surface area contributed by atoms with E-state index in [4.69, 9.17) is 10.5 Å². The first-order chi connectivity index (χ1) is 9.19. The lowest BCUT2D eigenvalue weighted by Crippen LogP contribution is -2.45. The molecule has 1 fully saturated rings. The number of likely N-dealkylation sites (N-methyl/N-ethyl adjacent to an activating group) is 1. The minimum absolute atomic E-state index is 0.213. The van der Waals surface area contributed by atoms with E-state index in [0.717, 1.165) is 38.5 Å². The number of rotatable bonds is 5. The monoisotopic (exact) mass is 263 g/mol. The molecular weight excluding hydrogens is 242 g/mol. The SMILES string of the molecule is CCN1CCOC(CNc2ccc(C(N)=O)cc2)C1. The van der Waals surface area contributed by atoms with Gasteiger partial charge in [-0.25, -0.2) is 0 Å². The van der Waals surface area contributed by atoms with Crippen molar-refractivity contribution in [3.8, 4) is 0 Å². The van der Waals surface area contributed by atoms with Crippen molar-refractivity contribution >= 4 is 11.6 Å². The molecule has 3 N–H and O–H groups in total. The van der Waals surface area contributed by atoms with Crippen LogP contribution in [0.25, 0.3) is 0 Å². The first-order valence-corrected chi connectivity index (χ1v) is 6.66. The molecule has 5 heteroatoms. The highest BCUT2D eigenvalue weighted by molar-refractivity contribution is 5.93. The molecule has 1 aromatic rings. The number of hydrogen-bond acceptors (Lipinski definition) is 4. The number of carbonyl (C=O) groups is 1. The number of morpholine rings is 1. The van der Waals surface area contributed by atoms with Crippen LogP contribution in [-0.2, 0) is 4.74 Å². The zero-order valence-corrected chi connectivity index (χ0v) is 11.3. The Morgan fingerprint density at radius 1 is 1.47 bits per heavy atom. The lowest BCUT2D eigenvalue weighted by Gasteiger charge is -2.32. The summed E-state index contributed by atoms with van der Waals surface area (Å²) in [6.07, 6.45) is 0.213. The predicted molar refractivity (Wildman–Crippen MR) is 75.3 cm³/mol. The Hall–Kier alpha value is -1.59. The molecule has 1 atom stereocenters. The number of carbonyl (C=O) groups excluding carboxylic acids is 1. The summed E-state index contributed by atoms with van der Waals surface area (Å²) in [6.45, 7) is 6.77. The van der Waals surface area contributed by atoms with E-state index in [1.807, 2.05) is 12.1 Å². The van der Waals surface area contributed by atoms with Crippen molar-refractivity contribution in [1.82, 2.24) is 4.90 Å². The predicted octanol–water partition coefficient (Wildman–Crippen LogP) is 0.918. The smallest absolute Gasteiger partial charge is 0.248 e.